The fraction of sp³-hybridized carbons (Fsp3) is 0.261. The molecule has 14 nitrogen and oxygen atoms in total. The minimum atomic E-state index is -1.38. The number of carboxylic acid groups (broad SMARTS) is 1. The van der Waals surface area contributed by atoms with E-state index in [9.17, 15) is 38.7 Å². The van der Waals surface area contributed by atoms with Gasteiger partial charge in [0.15, 0.2) is 0 Å². The van der Waals surface area contributed by atoms with Crippen molar-refractivity contribution in [3.8, 4) is 0 Å². The monoisotopic (exact) mass is 543 g/mol. The Labute approximate surface area is 217 Å². The Morgan fingerprint density at radius 1 is 1.18 bits per heavy atom. The summed E-state index contributed by atoms with van der Waals surface area (Å²) in [5.41, 5.74) is -1.94. The number of thioether (sulfide) groups is 1. The summed E-state index contributed by atoms with van der Waals surface area (Å²) in [6.07, 6.45) is 0.912. The summed E-state index contributed by atoms with van der Waals surface area (Å²) in [5, 5.41) is 13.9. The molecule has 3 atom stereocenters. The first-order chi connectivity index (χ1) is 18.1. The number of hydrogen-bond donors (Lipinski definition) is 5. The fourth-order valence-corrected chi connectivity index (χ4v) is 5.28. The smallest absolute Gasteiger partial charge is 0.352 e. The molecule has 198 valence electrons. The Bertz CT molecular complexity index is 1470. The van der Waals surface area contributed by atoms with Crippen molar-refractivity contribution >= 4 is 41.4 Å². The van der Waals surface area contributed by atoms with E-state index in [0.29, 0.717) is 5.56 Å². The molecule has 0 saturated carbocycles. The van der Waals surface area contributed by atoms with Crippen molar-refractivity contribution in [1.82, 2.24) is 25.5 Å². The second-order valence-corrected chi connectivity index (χ2v) is 9.34. The number of fused-ring (bicyclic) bond motifs is 1. The quantitative estimate of drug-likeness (QED) is 0.199. The van der Waals surface area contributed by atoms with Crippen LogP contribution in [0.15, 0.2) is 57.4 Å². The lowest BCUT2D eigenvalue weighted by Gasteiger charge is -2.49. The van der Waals surface area contributed by atoms with Gasteiger partial charge in [0.1, 0.15) is 35.3 Å². The van der Waals surface area contributed by atoms with E-state index in [1.807, 2.05) is 4.98 Å². The molecule has 0 spiro atoms. The van der Waals surface area contributed by atoms with Crippen LogP contribution in [-0.4, -0.2) is 73.4 Å². The normalized spacial score (nSPS) is 19.1. The standard InChI is InChI=1S/C23H21N5O9S/c1-10(29)37-8-12-9-38-21-15(20(33)28(21)16(12)22(34)35)26-19(32)14(11-5-3-2-4-6-11)25-17(30)13-7-24-23(36)27-18(13)31/h2-7,14-15,21H,8-9H2,1H3,(H,25,30)(H,26,32)(H,34,35)(H2,24,27,31,36)/t14?,15-,21-/m1/s1. The number of H-pyrrole nitrogens is 2. The molecule has 3 heterocycles. The zero-order valence-electron chi connectivity index (χ0n) is 19.7. The highest BCUT2D eigenvalue weighted by molar-refractivity contribution is 8.00. The van der Waals surface area contributed by atoms with Crippen molar-refractivity contribution in [1.29, 1.82) is 0 Å². The van der Waals surface area contributed by atoms with Gasteiger partial charge in [0, 0.05) is 24.4 Å². The molecule has 1 aromatic heterocycles. The number of rotatable bonds is 8. The van der Waals surface area contributed by atoms with Crippen LogP contribution in [-0.2, 0) is 23.9 Å². The maximum Gasteiger partial charge on any atom is 0.352 e. The topological polar surface area (TPSA) is 208 Å². The summed E-state index contributed by atoms with van der Waals surface area (Å²) in [4.78, 5) is 90.5. The van der Waals surface area contributed by atoms with Gasteiger partial charge in [-0.15, -0.1) is 11.8 Å². The highest BCUT2D eigenvalue weighted by Crippen LogP contribution is 2.40. The van der Waals surface area contributed by atoms with E-state index in [4.69, 9.17) is 4.74 Å². The summed E-state index contributed by atoms with van der Waals surface area (Å²) in [7, 11) is 0. The maximum atomic E-state index is 13.3. The molecule has 5 N–H and O–H groups in total. The van der Waals surface area contributed by atoms with E-state index in [1.165, 1.54) is 18.7 Å². The number of nitrogens with zero attached hydrogens (tertiary/aromatic N) is 1. The maximum absolute atomic E-state index is 13.3. The Morgan fingerprint density at radius 2 is 1.89 bits per heavy atom. The molecule has 4 rings (SSSR count). The average Bonchev–Trinajstić information content (AvgIpc) is 2.88. The second kappa shape index (κ2) is 10.8. The predicted octanol–water partition coefficient (Wildman–Crippen LogP) is -1.16. The molecule has 1 fully saturated rings. The van der Waals surface area contributed by atoms with Crippen LogP contribution in [0.2, 0.25) is 0 Å². The second-order valence-electron chi connectivity index (χ2n) is 8.24. The van der Waals surface area contributed by atoms with Gasteiger partial charge in [-0.3, -0.25) is 33.9 Å². The summed E-state index contributed by atoms with van der Waals surface area (Å²) >= 11 is 1.18. The van der Waals surface area contributed by atoms with Crippen LogP contribution in [0.25, 0.3) is 0 Å². The minimum Gasteiger partial charge on any atom is -0.477 e. The molecule has 1 saturated heterocycles. The van der Waals surface area contributed by atoms with Gasteiger partial charge in [-0.25, -0.2) is 9.59 Å². The van der Waals surface area contributed by atoms with Crippen LogP contribution < -0.4 is 21.9 Å². The van der Waals surface area contributed by atoms with Crippen LogP contribution in [0.5, 0.6) is 0 Å². The molecule has 1 unspecified atom stereocenters. The van der Waals surface area contributed by atoms with Gasteiger partial charge in [-0.1, -0.05) is 30.3 Å². The number of aliphatic carboxylic acids is 1. The fourth-order valence-electron chi connectivity index (χ4n) is 3.95. The molecule has 2 aliphatic rings. The highest BCUT2D eigenvalue weighted by atomic mass is 32.2. The zero-order valence-corrected chi connectivity index (χ0v) is 20.5. The van der Waals surface area contributed by atoms with Crippen LogP contribution in [0.4, 0.5) is 0 Å². The number of ether oxygens (including phenoxy) is 1. The van der Waals surface area contributed by atoms with Crippen molar-refractivity contribution in [2.45, 2.75) is 24.4 Å². The first kappa shape index (κ1) is 26.4. The van der Waals surface area contributed by atoms with E-state index in [0.717, 1.165) is 11.1 Å². The van der Waals surface area contributed by atoms with Crippen molar-refractivity contribution in [3.63, 3.8) is 0 Å². The van der Waals surface area contributed by atoms with Gasteiger partial charge >= 0.3 is 17.6 Å². The molecule has 2 aliphatic heterocycles. The van der Waals surface area contributed by atoms with Crippen molar-refractivity contribution in [2.24, 2.45) is 0 Å². The molecular formula is C23H21N5O9S. The third-order valence-electron chi connectivity index (χ3n) is 5.73. The molecule has 38 heavy (non-hydrogen) atoms. The van der Waals surface area contributed by atoms with Gasteiger partial charge in [0.25, 0.3) is 17.4 Å². The van der Waals surface area contributed by atoms with Gasteiger partial charge in [-0.05, 0) is 5.56 Å². The van der Waals surface area contributed by atoms with E-state index in [2.05, 4.69) is 15.6 Å². The van der Waals surface area contributed by atoms with Crippen molar-refractivity contribution < 1.29 is 33.8 Å². The van der Waals surface area contributed by atoms with Gasteiger partial charge in [-0.2, -0.15) is 0 Å². The molecular weight excluding hydrogens is 522 g/mol. The number of carboxylic acids is 1. The molecule has 0 aliphatic carbocycles. The van der Waals surface area contributed by atoms with Crippen molar-refractivity contribution in [3.05, 3.63) is 79.8 Å². The Morgan fingerprint density at radius 3 is 2.53 bits per heavy atom. The zero-order chi connectivity index (χ0) is 27.6. The third kappa shape index (κ3) is 5.22. The SMILES string of the molecule is CC(=O)OCC1=C(C(=O)O)N2C(=O)[C@@H](NC(=O)C(NC(=O)c3c[nH]c(=O)[nH]c3=O)c3ccccc3)[C@H]2SC1. The Hall–Kier alpha value is -4.66. The average molecular weight is 544 g/mol. The predicted molar refractivity (Wildman–Crippen MR) is 131 cm³/mol. The van der Waals surface area contributed by atoms with Gasteiger partial charge < -0.3 is 25.5 Å². The lowest BCUT2D eigenvalue weighted by atomic mass is 10.0. The van der Waals surface area contributed by atoms with Crippen LogP contribution in [0.1, 0.15) is 28.9 Å². The molecule has 2 aromatic rings. The van der Waals surface area contributed by atoms with Gasteiger partial charge in [0.05, 0.1) is 0 Å². The van der Waals surface area contributed by atoms with E-state index in [-0.39, 0.29) is 23.6 Å². The molecule has 1 aromatic carbocycles. The number of amides is 3. The number of aromatic nitrogens is 2. The Balaban J connectivity index is 1.55. The summed E-state index contributed by atoms with van der Waals surface area (Å²) in [6, 6.07) is 5.60. The first-order valence-electron chi connectivity index (χ1n) is 11.1. The van der Waals surface area contributed by atoms with Crippen molar-refractivity contribution in [2.75, 3.05) is 12.4 Å². The molecule has 0 bridgehead atoms. The lowest BCUT2D eigenvalue weighted by Crippen LogP contribution is -2.71. The number of esters is 1. The number of aromatic amines is 2. The molecule has 0 radical (unpaired) electrons. The number of benzene rings is 1. The first-order valence-corrected chi connectivity index (χ1v) is 12.1. The number of β-lactam (4-membered cyclic amide) rings is 1. The molecule has 15 heteroatoms. The minimum absolute atomic E-state index is 0.142. The Kier molecular flexibility index (Phi) is 7.47. The summed E-state index contributed by atoms with van der Waals surface area (Å²) < 4.78 is 4.90. The molecule has 3 amide bonds. The van der Waals surface area contributed by atoms with Gasteiger partial charge in [0.2, 0.25) is 5.91 Å². The third-order valence-corrected chi connectivity index (χ3v) is 7.07. The van der Waals surface area contributed by atoms with Crippen LogP contribution >= 0.6 is 11.8 Å². The van der Waals surface area contributed by atoms with E-state index in [1.54, 1.807) is 30.3 Å². The lowest BCUT2D eigenvalue weighted by molar-refractivity contribution is -0.151. The van der Waals surface area contributed by atoms with E-state index < -0.39 is 63.9 Å². The number of carbonyl (C=O) groups is 5. The largest absolute Gasteiger partial charge is 0.477 e. The van der Waals surface area contributed by atoms with Crippen LogP contribution in [0.3, 0.4) is 0 Å². The summed E-state index contributed by atoms with van der Waals surface area (Å²) in [5.74, 6) is -4.27. The number of nitrogens with one attached hydrogen (secondary N) is 4. The highest BCUT2D eigenvalue weighted by Gasteiger charge is 2.54. The number of carbonyl (C=O) groups excluding carboxylic acids is 4. The number of hydrogen-bond acceptors (Lipinski definition) is 9. The van der Waals surface area contributed by atoms with Crippen LogP contribution in [0, 0.1) is 0 Å². The summed E-state index contributed by atoms with van der Waals surface area (Å²) in [6.45, 7) is 0.888. The van der Waals surface area contributed by atoms with E-state index >= 15 is 0 Å².